The number of rotatable bonds is 11. The van der Waals surface area contributed by atoms with Crippen LogP contribution < -0.4 is 5.32 Å². The Hall–Kier alpha value is 0.310. The number of nitrogens with one attached hydrogen (secondary N) is 1. The van der Waals surface area contributed by atoms with Crippen LogP contribution >= 0.6 is 11.8 Å². The summed E-state index contributed by atoms with van der Waals surface area (Å²) in [4.78, 5) is 0. The maximum absolute atomic E-state index is 3.54. The highest BCUT2D eigenvalue weighted by Gasteiger charge is 2.01. The first-order chi connectivity index (χ1) is 7.70. The van der Waals surface area contributed by atoms with Crippen molar-refractivity contribution in [2.45, 2.75) is 65.8 Å². The minimum absolute atomic E-state index is 0.708. The Morgan fingerprint density at radius 3 is 2.50 bits per heavy atom. The first-order valence-electron chi connectivity index (χ1n) is 7.01. The number of hydrogen-bond donors (Lipinski definition) is 1. The number of thioether (sulfide) groups is 1. The molecule has 98 valence electrons. The van der Waals surface area contributed by atoms with E-state index in [4.69, 9.17) is 0 Å². The molecule has 0 fully saturated rings. The van der Waals surface area contributed by atoms with Crippen molar-refractivity contribution in [1.82, 2.24) is 5.32 Å². The second kappa shape index (κ2) is 11.8. The molecule has 0 amide bonds. The molecule has 2 heteroatoms. The van der Waals surface area contributed by atoms with E-state index in [-0.39, 0.29) is 0 Å². The highest BCUT2D eigenvalue weighted by Crippen LogP contribution is 2.13. The van der Waals surface area contributed by atoms with Crippen LogP contribution in [-0.4, -0.2) is 24.1 Å². The smallest absolute Gasteiger partial charge is 0.00387 e. The van der Waals surface area contributed by atoms with Crippen LogP contribution in [0, 0.1) is 5.92 Å². The zero-order valence-electron chi connectivity index (χ0n) is 11.7. The van der Waals surface area contributed by atoms with Crippen molar-refractivity contribution in [2.75, 3.05) is 18.1 Å². The monoisotopic (exact) mass is 245 g/mol. The van der Waals surface area contributed by atoms with Gasteiger partial charge in [-0.2, -0.15) is 11.8 Å². The van der Waals surface area contributed by atoms with Crippen molar-refractivity contribution in [3.63, 3.8) is 0 Å². The van der Waals surface area contributed by atoms with Gasteiger partial charge < -0.3 is 5.32 Å². The van der Waals surface area contributed by atoms with E-state index < -0.39 is 0 Å². The second-order valence-corrected chi connectivity index (χ2v) is 6.09. The van der Waals surface area contributed by atoms with E-state index >= 15 is 0 Å². The van der Waals surface area contributed by atoms with Crippen LogP contribution in [-0.2, 0) is 0 Å². The highest BCUT2D eigenvalue weighted by molar-refractivity contribution is 7.99. The third-order valence-electron chi connectivity index (χ3n) is 3.02. The maximum Gasteiger partial charge on any atom is 0.00387 e. The molecule has 2 atom stereocenters. The van der Waals surface area contributed by atoms with Crippen molar-refractivity contribution < 1.29 is 0 Å². The second-order valence-electron chi connectivity index (χ2n) is 4.94. The summed E-state index contributed by atoms with van der Waals surface area (Å²) in [7, 11) is 0. The molecule has 0 aliphatic rings. The van der Waals surface area contributed by atoms with Crippen molar-refractivity contribution >= 4 is 11.8 Å². The van der Waals surface area contributed by atoms with Gasteiger partial charge in [-0.05, 0) is 50.2 Å². The third-order valence-corrected chi connectivity index (χ3v) is 4.40. The van der Waals surface area contributed by atoms with Gasteiger partial charge in [0.1, 0.15) is 0 Å². The average molecular weight is 245 g/mol. The predicted octanol–water partition coefficient (Wildman–Crippen LogP) is 4.32. The topological polar surface area (TPSA) is 12.0 Å². The predicted molar refractivity (Wildman–Crippen MR) is 78.4 cm³/mol. The van der Waals surface area contributed by atoms with Gasteiger partial charge in [-0.15, -0.1) is 0 Å². The molecule has 0 saturated heterocycles. The number of hydrogen-bond acceptors (Lipinski definition) is 2. The van der Waals surface area contributed by atoms with Crippen LogP contribution in [0.15, 0.2) is 0 Å². The molecular weight excluding hydrogens is 214 g/mol. The molecule has 16 heavy (non-hydrogen) atoms. The van der Waals surface area contributed by atoms with Crippen molar-refractivity contribution in [3.8, 4) is 0 Å². The summed E-state index contributed by atoms with van der Waals surface area (Å²) in [6.07, 6.45) is 6.68. The van der Waals surface area contributed by atoms with Gasteiger partial charge in [0.2, 0.25) is 0 Å². The molecule has 0 saturated carbocycles. The maximum atomic E-state index is 3.54. The molecule has 2 unspecified atom stereocenters. The van der Waals surface area contributed by atoms with E-state index in [1.807, 2.05) is 0 Å². The van der Waals surface area contributed by atoms with Gasteiger partial charge in [0, 0.05) is 6.04 Å². The summed E-state index contributed by atoms with van der Waals surface area (Å²) in [5.74, 6) is 3.60. The van der Waals surface area contributed by atoms with Crippen LogP contribution in [0.3, 0.4) is 0 Å². The Kier molecular flexibility index (Phi) is 12.0. The molecule has 0 spiro atoms. The lowest BCUT2D eigenvalue weighted by Gasteiger charge is -2.12. The van der Waals surface area contributed by atoms with Crippen molar-refractivity contribution in [1.29, 1.82) is 0 Å². The Balaban J connectivity index is 3.14. The van der Waals surface area contributed by atoms with E-state index in [1.165, 1.54) is 50.2 Å². The van der Waals surface area contributed by atoms with Crippen LogP contribution in [0.25, 0.3) is 0 Å². The third kappa shape index (κ3) is 10.8. The molecule has 0 bridgehead atoms. The molecule has 1 N–H and O–H groups in total. The average Bonchev–Trinajstić information content (AvgIpc) is 2.30. The Labute approximate surface area is 107 Å². The molecular formula is C14H31NS. The molecule has 1 nitrogen and oxygen atoms in total. The van der Waals surface area contributed by atoms with Crippen LogP contribution in [0.5, 0.6) is 0 Å². The summed E-state index contributed by atoms with van der Waals surface area (Å²) < 4.78 is 0. The van der Waals surface area contributed by atoms with E-state index in [0.717, 1.165) is 5.92 Å². The Bertz CT molecular complexity index is 139. The van der Waals surface area contributed by atoms with E-state index in [2.05, 4.69) is 44.8 Å². The molecule has 0 rings (SSSR count). The van der Waals surface area contributed by atoms with E-state index in [1.54, 1.807) is 0 Å². The van der Waals surface area contributed by atoms with Crippen LogP contribution in [0.2, 0.25) is 0 Å². The fourth-order valence-electron chi connectivity index (χ4n) is 1.55. The summed E-state index contributed by atoms with van der Waals surface area (Å²) >= 11 is 2.14. The van der Waals surface area contributed by atoms with Gasteiger partial charge in [-0.1, -0.05) is 33.6 Å². The normalized spacial score (nSPS) is 15.0. The van der Waals surface area contributed by atoms with Crippen molar-refractivity contribution in [3.05, 3.63) is 0 Å². The SMILES string of the molecule is CCCNC(C)CCCCSCC(C)CC. The fourth-order valence-corrected chi connectivity index (χ4v) is 2.76. The Morgan fingerprint density at radius 2 is 1.88 bits per heavy atom. The summed E-state index contributed by atoms with van der Waals surface area (Å²) in [6.45, 7) is 10.3. The molecule has 0 aliphatic heterocycles. The van der Waals surface area contributed by atoms with Crippen LogP contribution in [0.1, 0.15) is 59.8 Å². The van der Waals surface area contributed by atoms with Gasteiger partial charge in [-0.3, -0.25) is 0 Å². The van der Waals surface area contributed by atoms with Crippen LogP contribution in [0.4, 0.5) is 0 Å². The first-order valence-corrected chi connectivity index (χ1v) is 8.17. The molecule has 0 aliphatic carbocycles. The summed E-state index contributed by atoms with van der Waals surface area (Å²) in [6, 6.07) is 0.708. The van der Waals surface area contributed by atoms with E-state index in [0.29, 0.717) is 6.04 Å². The van der Waals surface area contributed by atoms with E-state index in [9.17, 15) is 0 Å². The fraction of sp³-hybridized carbons (Fsp3) is 1.00. The summed E-state index contributed by atoms with van der Waals surface area (Å²) in [5, 5.41) is 3.54. The summed E-state index contributed by atoms with van der Waals surface area (Å²) in [5.41, 5.74) is 0. The zero-order chi connectivity index (χ0) is 12.2. The molecule has 0 aromatic rings. The molecule has 0 aromatic heterocycles. The van der Waals surface area contributed by atoms with Crippen molar-refractivity contribution in [2.24, 2.45) is 5.92 Å². The Morgan fingerprint density at radius 1 is 1.12 bits per heavy atom. The quantitative estimate of drug-likeness (QED) is 0.544. The molecule has 0 radical (unpaired) electrons. The molecule has 0 aromatic carbocycles. The molecule has 0 heterocycles. The number of unbranched alkanes of at least 4 members (excludes halogenated alkanes) is 1. The van der Waals surface area contributed by atoms with Gasteiger partial charge in [0.15, 0.2) is 0 Å². The lowest BCUT2D eigenvalue weighted by atomic mass is 10.1. The first kappa shape index (κ1) is 16.3. The van der Waals surface area contributed by atoms with Gasteiger partial charge in [-0.25, -0.2) is 0 Å². The largest absolute Gasteiger partial charge is 0.314 e. The minimum atomic E-state index is 0.708. The lowest BCUT2D eigenvalue weighted by molar-refractivity contribution is 0.496. The van der Waals surface area contributed by atoms with Gasteiger partial charge >= 0.3 is 0 Å². The minimum Gasteiger partial charge on any atom is -0.314 e. The standard InChI is InChI=1S/C14H31NS/c1-5-10-15-14(4)9-7-8-11-16-12-13(3)6-2/h13-15H,5-12H2,1-4H3. The highest BCUT2D eigenvalue weighted by atomic mass is 32.2. The van der Waals surface area contributed by atoms with Gasteiger partial charge in [0.05, 0.1) is 0 Å². The van der Waals surface area contributed by atoms with Gasteiger partial charge in [0.25, 0.3) is 0 Å². The lowest BCUT2D eigenvalue weighted by Crippen LogP contribution is -2.26. The zero-order valence-corrected chi connectivity index (χ0v) is 12.5.